The van der Waals surface area contributed by atoms with Crippen LogP contribution in [0, 0.1) is 6.92 Å². The van der Waals surface area contributed by atoms with Crippen molar-refractivity contribution >= 4 is 28.6 Å². The molecule has 1 amide bonds. The van der Waals surface area contributed by atoms with Gasteiger partial charge in [0.1, 0.15) is 5.82 Å². The van der Waals surface area contributed by atoms with Crippen LogP contribution in [0.25, 0.3) is 10.9 Å². The first kappa shape index (κ1) is 22.4. The number of carbonyl (C=O) groups is 1. The molecule has 2 aromatic heterocycles. The first-order valence-electron chi connectivity index (χ1n) is 11.3. The van der Waals surface area contributed by atoms with Crippen LogP contribution in [0.1, 0.15) is 47.4 Å². The number of hydrogen-bond acceptors (Lipinski definition) is 6. The first-order valence-corrected chi connectivity index (χ1v) is 11.3. The number of nitrogens with one attached hydrogen (secondary N) is 2. The molecule has 1 fully saturated rings. The van der Waals surface area contributed by atoms with Crippen LogP contribution in [-0.4, -0.2) is 45.4 Å². The van der Waals surface area contributed by atoms with Crippen molar-refractivity contribution in [2.45, 2.75) is 51.1 Å². The molecule has 33 heavy (non-hydrogen) atoms. The van der Waals surface area contributed by atoms with Crippen molar-refractivity contribution in [3.63, 3.8) is 0 Å². The van der Waals surface area contributed by atoms with E-state index in [1.54, 1.807) is 12.4 Å². The monoisotopic (exact) mass is 446 g/mol. The van der Waals surface area contributed by atoms with E-state index in [0.717, 1.165) is 42.2 Å². The minimum Gasteiger partial charge on any atom is -0.370 e. The van der Waals surface area contributed by atoms with Gasteiger partial charge in [0.15, 0.2) is 5.96 Å². The van der Waals surface area contributed by atoms with E-state index >= 15 is 0 Å². The summed E-state index contributed by atoms with van der Waals surface area (Å²) in [6.45, 7) is 2.50. The Labute approximate surface area is 193 Å². The fourth-order valence-corrected chi connectivity index (χ4v) is 4.20. The fraction of sp³-hybridized carbons (Fsp3) is 0.375. The molecule has 172 valence electrons. The molecule has 0 saturated heterocycles. The van der Waals surface area contributed by atoms with E-state index in [-0.39, 0.29) is 29.8 Å². The predicted octanol–water partition coefficient (Wildman–Crippen LogP) is 2.30. The summed E-state index contributed by atoms with van der Waals surface area (Å²) in [6.07, 6.45) is 8.17. The molecule has 1 saturated carbocycles. The molecule has 1 aromatic carbocycles. The maximum atomic E-state index is 12.9. The fourth-order valence-electron chi connectivity index (χ4n) is 4.20. The number of aromatic nitrogens is 3. The number of rotatable bonds is 7. The van der Waals surface area contributed by atoms with Crippen molar-refractivity contribution in [2.24, 2.45) is 16.5 Å². The number of carbonyl (C=O) groups excluding carboxylic acids is 1. The molecule has 0 bridgehead atoms. The van der Waals surface area contributed by atoms with E-state index in [9.17, 15) is 4.79 Å². The summed E-state index contributed by atoms with van der Waals surface area (Å²) in [5.41, 5.74) is 14.2. The second kappa shape index (κ2) is 10.2. The molecule has 0 aliphatic heterocycles. The second-order valence-corrected chi connectivity index (χ2v) is 8.43. The number of fused-ring (bicyclic) bond motifs is 1. The van der Waals surface area contributed by atoms with Crippen molar-refractivity contribution in [3.8, 4) is 0 Å². The van der Waals surface area contributed by atoms with Crippen LogP contribution in [0.4, 0.5) is 5.82 Å². The highest BCUT2D eigenvalue weighted by Crippen LogP contribution is 2.28. The predicted molar refractivity (Wildman–Crippen MR) is 130 cm³/mol. The molecule has 2 heterocycles. The number of pyridine rings is 1. The van der Waals surface area contributed by atoms with E-state index in [1.807, 2.05) is 37.3 Å². The molecule has 1 aliphatic carbocycles. The Hall–Kier alpha value is -3.75. The Morgan fingerprint density at radius 3 is 2.70 bits per heavy atom. The van der Waals surface area contributed by atoms with E-state index in [2.05, 4.69) is 30.6 Å². The van der Waals surface area contributed by atoms with Gasteiger partial charge in [-0.25, -0.2) is 15.0 Å². The summed E-state index contributed by atoms with van der Waals surface area (Å²) in [4.78, 5) is 30.4. The standard InChI is InChI=1S/C24H30N8O/c1-15-6-7-18-17(14-15)21(30-19-4-2-3-5-20(19)31-24(25)26)32-22(29-18)23(33)28-13-10-16-8-11-27-12-9-16/h6-9,11-12,14,19-20H,2-5,10,13H2,1H3,(H,28,33)(H4,25,26,31)(H,29,30,32). The molecule has 2 unspecified atom stereocenters. The van der Waals surface area contributed by atoms with Crippen molar-refractivity contribution < 1.29 is 4.79 Å². The quantitative estimate of drug-likeness (QED) is 0.322. The summed E-state index contributed by atoms with van der Waals surface area (Å²) in [5, 5.41) is 7.32. The highest BCUT2D eigenvalue weighted by atomic mass is 16.2. The summed E-state index contributed by atoms with van der Waals surface area (Å²) < 4.78 is 0. The van der Waals surface area contributed by atoms with Gasteiger partial charge >= 0.3 is 0 Å². The lowest BCUT2D eigenvalue weighted by Gasteiger charge is -2.30. The van der Waals surface area contributed by atoms with Gasteiger partial charge in [0.2, 0.25) is 5.82 Å². The molecule has 4 rings (SSSR count). The van der Waals surface area contributed by atoms with Crippen molar-refractivity contribution in [3.05, 3.63) is 59.7 Å². The average Bonchev–Trinajstić information content (AvgIpc) is 2.81. The van der Waals surface area contributed by atoms with Gasteiger partial charge in [0.05, 0.1) is 17.6 Å². The summed E-state index contributed by atoms with van der Waals surface area (Å²) >= 11 is 0. The highest BCUT2D eigenvalue weighted by Gasteiger charge is 2.26. The maximum Gasteiger partial charge on any atom is 0.289 e. The number of nitrogens with zero attached hydrogens (tertiary/aromatic N) is 4. The van der Waals surface area contributed by atoms with Gasteiger partial charge < -0.3 is 22.1 Å². The smallest absolute Gasteiger partial charge is 0.289 e. The first-order chi connectivity index (χ1) is 16.0. The van der Waals surface area contributed by atoms with Gasteiger partial charge in [-0.2, -0.15) is 0 Å². The van der Waals surface area contributed by atoms with Crippen molar-refractivity contribution in [1.29, 1.82) is 0 Å². The third-order valence-electron chi connectivity index (χ3n) is 5.87. The third-order valence-corrected chi connectivity index (χ3v) is 5.87. The minimum atomic E-state index is -0.306. The Morgan fingerprint density at radius 2 is 1.91 bits per heavy atom. The van der Waals surface area contributed by atoms with Gasteiger partial charge in [-0.05, 0) is 56.0 Å². The Kier molecular flexibility index (Phi) is 6.97. The van der Waals surface area contributed by atoms with Crippen LogP contribution < -0.4 is 22.1 Å². The summed E-state index contributed by atoms with van der Waals surface area (Å²) in [7, 11) is 0. The van der Waals surface area contributed by atoms with Crippen molar-refractivity contribution in [2.75, 3.05) is 11.9 Å². The third kappa shape index (κ3) is 5.74. The number of anilines is 1. The Bertz CT molecular complexity index is 1140. The number of hydrogen-bond donors (Lipinski definition) is 4. The molecular formula is C24H30N8O. The molecule has 1 aliphatic rings. The number of guanidine groups is 1. The normalized spacial score (nSPS) is 18.0. The van der Waals surface area contributed by atoms with Crippen LogP contribution in [0.3, 0.4) is 0 Å². The number of aliphatic imine (C=N–C) groups is 1. The van der Waals surface area contributed by atoms with E-state index in [1.165, 1.54) is 0 Å². The molecule has 9 nitrogen and oxygen atoms in total. The van der Waals surface area contributed by atoms with Crippen LogP contribution in [-0.2, 0) is 6.42 Å². The lowest BCUT2D eigenvalue weighted by molar-refractivity contribution is 0.0944. The number of benzene rings is 1. The second-order valence-electron chi connectivity index (χ2n) is 8.43. The largest absolute Gasteiger partial charge is 0.370 e. The van der Waals surface area contributed by atoms with Gasteiger partial charge in [0, 0.05) is 24.3 Å². The summed E-state index contributed by atoms with van der Waals surface area (Å²) in [5.74, 6) is 0.550. The van der Waals surface area contributed by atoms with E-state index in [4.69, 9.17) is 11.5 Å². The van der Waals surface area contributed by atoms with Gasteiger partial charge in [-0.3, -0.25) is 9.78 Å². The molecule has 9 heteroatoms. The van der Waals surface area contributed by atoms with Crippen LogP contribution in [0.2, 0.25) is 0 Å². The minimum absolute atomic E-state index is 0.0297. The lowest BCUT2D eigenvalue weighted by Crippen LogP contribution is -2.38. The van der Waals surface area contributed by atoms with Gasteiger partial charge in [-0.1, -0.05) is 24.5 Å². The number of amides is 1. The zero-order chi connectivity index (χ0) is 23.2. The van der Waals surface area contributed by atoms with Crippen LogP contribution in [0.5, 0.6) is 0 Å². The zero-order valence-electron chi connectivity index (χ0n) is 18.8. The van der Waals surface area contributed by atoms with E-state index in [0.29, 0.717) is 24.3 Å². The SMILES string of the molecule is Cc1ccc2nc(C(=O)NCCc3ccncc3)nc(NC3CCCCC3N=C(N)N)c2c1. The maximum absolute atomic E-state index is 12.9. The molecule has 3 aromatic rings. The van der Waals surface area contributed by atoms with Crippen molar-refractivity contribution in [1.82, 2.24) is 20.3 Å². The number of nitrogens with two attached hydrogens (primary N) is 2. The van der Waals surface area contributed by atoms with Crippen LogP contribution >= 0.6 is 0 Å². The molecular weight excluding hydrogens is 416 g/mol. The molecule has 6 N–H and O–H groups in total. The van der Waals surface area contributed by atoms with Crippen LogP contribution in [0.15, 0.2) is 47.7 Å². The lowest BCUT2D eigenvalue weighted by atomic mass is 9.90. The Morgan fingerprint density at radius 1 is 1.12 bits per heavy atom. The molecule has 0 radical (unpaired) electrons. The number of aryl methyl sites for hydroxylation is 1. The zero-order valence-corrected chi connectivity index (χ0v) is 18.8. The highest BCUT2D eigenvalue weighted by molar-refractivity contribution is 5.96. The molecule has 2 atom stereocenters. The topological polar surface area (TPSA) is 144 Å². The van der Waals surface area contributed by atoms with Gasteiger partial charge in [0.25, 0.3) is 5.91 Å². The van der Waals surface area contributed by atoms with E-state index < -0.39 is 0 Å². The van der Waals surface area contributed by atoms with Gasteiger partial charge in [-0.15, -0.1) is 0 Å². The summed E-state index contributed by atoms with van der Waals surface area (Å²) in [6, 6.07) is 9.78. The molecule has 0 spiro atoms. The Balaban J connectivity index is 1.57. The average molecular weight is 447 g/mol.